The predicted octanol–water partition coefficient (Wildman–Crippen LogP) is 4.11. The van der Waals surface area contributed by atoms with Gasteiger partial charge < -0.3 is 15.3 Å². The molecule has 0 bridgehead atoms. The standard InChI is InChI=1S/C24H28FN3O3S2/c1-24(2,29)18-5-11-21(12-6-18)28-14-13-27(33(30,31)23-4-3-15-32-23)17-22(28)16-26-20-9-7-19(25)8-10-20/h3-12,15,22,26,29H,13-14,16-17H2,1-2H3/t22-/m0/s1. The van der Waals surface area contributed by atoms with Gasteiger partial charge in [0.1, 0.15) is 10.0 Å². The van der Waals surface area contributed by atoms with Crippen LogP contribution in [0.2, 0.25) is 0 Å². The number of nitrogens with zero attached hydrogens (tertiary/aromatic N) is 2. The molecule has 0 spiro atoms. The van der Waals surface area contributed by atoms with Crippen LogP contribution in [0.25, 0.3) is 0 Å². The molecular weight excluding hydrogens is 461 g/mol. The van der Waals surface area contributed by atoms with Crippen molar-refractivity contribution in [3.63, 3.8) is 0 Å². The number of halogens is 1. The Balaban J connectivity index is 1.57. The fraction of sp³-hybridized carbons (Fsp3) is 0.333. The lowest BCUT2D eigenvalue weighted by atomic mass is 9.98. The molecule has 176 valence electrons. The van der Waals surface area contributed by atoms with Crippen LogP contribution in [0.1, 0.15) is 19.4 Å². The summed E-state index contributed by atoms with van der Waals surface area (Å²) in [5.41, 5.74) is 1.61. The Morgan fingerprint density at radius 3 is 2.39 bits per heavy atom. The molecule has 2 aromatic carbocycles. The van der Waals surface area contributed by atoms with E-state index in [0.717, 1.165) is 16.9 Å². The van der Waals surface area contributed by atoms with E-state index < -0.39 is 15.6 Å². The van der Waals surface area contributed by atoms with Gasteiger partial charge in [0.2, 0.25) is 0 Å². The summed E-state index contributed by atoms with van der Waals surface area (Å²) in [6, 6.07) is 17.1. The highest BCUT2D eigenvalue weighted by atomic mass is 32.2. The Bertz CT molecular complexity index is 1160. The molecule has 6 nitrogen and oxygen atoms in total. The first-order chi connectivity index (χ1) is 15.6. The largest absolute Gasteiger partial charge is 0.386 e. The van der Waals surface area contributed by atoms with Crippen LogP contribution in [0.4, 0.5) is 15.8 Å². The quantitative estimate of drug-likeness (QED) is 0.523. The molecule has 2 N–H and O–H groups in total. The normalized spacial score (nSPS) is 17.8. The second kappa shape index (κ2) is 9.42. The molecule has 1 fully saturated rings. The lowest BCUT2D eigenvalue weighted by Gasteiger charge is -2.42. The molecule has 0 radical (unpaired) electrons. The lowest BCUT2D eigenvalue weighted by molar-refractivity contribution is 0.0786. The van der Waals surface area contributed by atoms with Gasteiger partial charge >= 0.3 is 0 Å². The summed E-state index contributed by atoms with van der Waals surface area (Å²) in [5, 5.41) is 15.3. The van der Waals surface area contributed by atoms with Gasteiger partial charge in [0, 0.05) is 37.6 Å². The third-order valence-electron chi connectivity index (χ3n) is 5.83. The van der Waals surface area contributed by atoms with Gasteiger partial charge in [0.05, 0.1) is 11.6 Å². The number of nitrogens with one attached hydrogen (secondary N) is 1. The van der Waals surface area contributed by atoms with E-state index in [9.17, 15) is 17.9 Å². The van der Waals surface area contributed by atoms with Crippen molar-refractivity contribution in [2.45, 2.75) is 29.7 Å². The van der Waals surface area contributed by atoms with Gasteiger partial charge in [-0.25, -0.2) is 12.8 Å². The van der Waals surface area contributed by atoms with Gasteiger partial charge in [-0.05, 0) is 67.3 Å². The van der Waals surface area contributed by atoms with Crippen LogP contribution in [0, 0.1) is 5.82 Å². The van der Waals surface area contributed by atoms with Crippen LogP contribution in [-0.2, 0) is 15.6 Å². The minimum absolute atomic E-state index is 0.147. The number of anilines is 2. The van der Waals surface area contributed by atoms with Crippen LogP contribution >= 0.6 is 11.3 Å². The van der Waals surface area contributed by atoms with Crippen LogP contribution in [0.15, 0.2) is 70.3 Å². The zero-order valence-electron chi connectivity index (χ0n) is 18.6. The smallest absolute Gasteiger partial charge is 0.252 e. The maximum Gasteiger partial charge on any atom is 0.252 e. The fourth-order valence-corrected chi connectivity index (χ4v) is 6.57. The summed E-state index contributed by atoms with van der Waals surface area (Å²) in [6.07, 6.45) is 0. The summed E-state index contributed by atoms with van der Waals surface area (Å²) in [5.74, 6) is -0.306. The van der Waals surface area contributed by atoms with Crippen molar-refractivity contribution in [1.82, 2.24) is 4.31 Å². The topological polar surface area (TPSA) is 72.9 Å². The Kier molecular flexibility index (Phi) is 6.76. The van der Waals surface area contributed by atoms with Gasteiger partial charge in [-0.15, -0.1) is 11.3 Å². The fourth-order valence-electron chi connectivity index (χ4n) is 3.96. The van der Waals surface area contributed by atoms with Crippen LogP contribution < -0.4 is 10.2 Å². The minimum atomic E-state index is -3.56. The van der Waals surface area contributed by atoms with Crippen LogP contribution in [0.3, 0.4) is 0 Å². The summed E-state index contributed by atoms with van der Waals surface area (Å²) in [4.78, 5) is 2.19. The number of benzene rings is 2. The van der Waals surface area contributed by atoms with Gasteiger partial charge in [0.25, 0.3) is 10.0 Å². The number of piperazine rings is 1. The first kappa shape index (κ1) is 23.7. The Hall–Kier alpha value is -2.46. The van der Waals surface area contributed by atoms with E-state index in [1.54, 1.807) is 43.5 Å². The summed E-state index contributed by atoms with van der Waals surface area (Å²) in [7, 11) is -3.56. The maximum absolute atomic E-state index is 13.3. The number of sulfonamides is 1. The third kappa shape index (κ3) is 5.38. The molecule has 4 rings (SSSR count). The average molecular weight is 490 g/mol. The first-order valence-electron chi connectivity index (χ1n) is 10.8. The molecule has 1 atom stereocenters. The van der Waals surface area contributed by atoms with E-state index in [-0.39, 0.29) is 11.9 Å². The van der Waals surface area contributed by atoms with Crippen molar-refractivity contribution in [3.8, 4) is 0 Å². The van der Waals surface area contributed by atoms with Crippen molar-refractivity contribution in [1.29, 1.82) is 0 Å². The molecule has 0 aliphatic carbocycles. The maximum atomic E-state index is 13.3. The van der Waals surface area contributed by atoms with E-state index >= 15 is 0 Å². The highest BCUT2D eigenvalue weighted by Gasteiger charge is 2.35. The first-order valence-corrected chi connectivity index (χ1v) is 13.1. The lowest BCUT2D eigenvalue weighted by Crippen LogP contribution is -2.57. The molecule has 0 amide bonds. The molecule has 3 aromatic rings. The predicted molar refractivity (Wildman–Crippen MR) is 131 cm³/mol. The highest BCUT2D eigenvalue weighted by molar-refractivity contribution is 7.91. The minimum Gasteiger partial charge on any atom is -0.386 e. The van der Waals surface area contributed by atoms with E-state index in [1.165, 1.54) is 27.8 Å². The number of aliphatic hydroxyl groups is 1. The molecule has 0 unspecified atom stereocenters. The van der Waals surface area contributed by atoms with Crippen molar-refractivity contribution < 1.29 is 17.9 Å². The molecule has 1 saturated heterocycles. The zero-order chi connectivity index (χ0) is 23.6. The van der Waals surface area contributed by atoms with Crippen LogP contribution in [0.5, 0.6) is 0 Å². The Labute approximate surface area is 198 Å². The SMILES string of the molecule is CC(C)(O)c1ccc(N2CCN(S(=O)(=O)c3cccs3)C[C@@H]2CNc2ccc(F)cc2)cc1. The molecule has 1 aromatic heterocycles. The third-order valence-corrected chi connectivity index (χ3v) is 9.06. The van der Waals surface area contributed by atoms with E-state index in [1.807, 2.05) is 24.3 Å². The van der Waals surface area contributed by atoms with Crippen molar-refractivity contribution in [3.05, 3.63) is 77.4 Å². The molecule has 1 aliphatic rings. The molecule has 0 saturated carbocycles. The van der Waals surface area contributed by atoms with E-state index in [2.05, 4.69) is 10.2 Å². The Morgan fingerprint density at radius 1 is 1.09 bits per heavy atom. The second-order valence-corrected chi connectivity index (χ2v) is 11.7. The molecule has 9 heteroatoms. The number of rotatable bonds is 7. The summed E-state index contributed by atoms with van der Waals surface area (Å²) in [6.45, 7) is 5.19. The highest BCUT2D eigenvalue weighted by Crippen LogP contribution is 2.29. The van der Waals surface area contributed by atoms with Crippen molar-refractivity contribution >= 4 is 32.7 Å². The van der Waals surface area contributed by atoms with Gasteiger partial charge in [-0.1, -0.05) is 18.2 Å². The van der Waals surface area contributed by atoms with Gasteiger partial charge in [0.15, 0.2) is 0 Å². The van der Waals surface area contributed by atoms with Gasteiger partial charge in [-0.3, -0.25) is 0 Å². The molecule has 1 aliphatic heterocycles. The Morgan fingerprint density at radius 2 is 1.79 bits per heavy atom. The van der Waals surface area contributed by atoms with Crippen molar-refractivity contribution in [2.24, 2.45) is 0 Å². The van der Waals surface area contributed by atoms with Gasteiger partial charge in [-0.2, -0.15) is 4.31 Å². The molecule has 33 heavy (non-hydrogen) atoms. The average Bonchev–Trinajstić information content (AvgIpc) is 3.34. The van der Waals surface area contributed by atoms with Crippen molar-refractivity contribution in [2.75, 3.05) is 36.4 Å². The van der Waals surface area contributed by atoms with Crippen LogP contribution in [-0.4, -0.2) is 50.1 Å². The monoisotopic (exact) mass is 489 g/mol. The molecular formula is C24H28FN3O3S2. The number of thiophene rings is 1. The zero-order valence-corrected chi connectivity index (χ0v) is 20.2. The summed E-state index contributed by atoms with van der Waals surface area (Å²) < 4.78 is 41.4. The number of hydrogen-bond donors (Lipinski definition) is 2. The summed E-state index contributed by atoms with van der Waals surface area (Å²) >= 11 is 1.22. The molecule has 2 heterocycles. The second-order valence-electron chi connectivity index (χ2n) is 8.64. The van der Waals surface area contributed by atoms with E-state index in [0.29, 0.717) is 30.4 Å². The number of hydrogen-bond acceptors (Lipinski definition) is 6. The van der Waals surface area contributed by atoms with E-state index in [4.69, 9.17) is 0 Å².